The van der Waals surface area contributed by atoms with E-state index >= 15 is 0 Å². The Labute approximate surface area is 195 Å². The van der Waals surface area contributed by atoms with Crippen LogP contribution in [-0.4, -0.2) is 75.5 Å². The highest BCUT2D eigenvalue weighted by Crippen LogP contribution is 2.40. The lowest BCUT2D eigenvalue weighted by molar-refractivity contribution is -0.193. The van der Waals surface area contributed by atoms with Gasteiger partial charge in [0.15, 0.2) is 0 Å². The number of carboxylic acids is 2. The average Bonchev–Trinajstić information content (AvgIpc) is 3.38. The highest BCUT2D eigenvalue weighted by molar-refractivity contribution is 5.73. The molecule has 2 aliphatic rings. The summed E-state index contributed by atoms with van der Waals surface area (Å²) in [4.78, 5) is 27.1. The largest absolute Gasteiger partial charge is 0.490 e. The van der Waals surface area contributed by atoms with Crippen molar-refractivity contribution in [3.05, 3.63) is 54.2 Å². The minimum atomic E-state index is -5.08. The summed E-state index contributed by atoms with van der Waals surface area (Å²) in [5.74, 6) is -4.44. The summed E-state index contributed by atoms with van der Waals surface area (Å²) in [7, 11) is 0. The molecule has 4 rings (SSSR count). The molecule has 14 heteroatoms. The molecule has 2 aromatic heterocycles. The number of hydrogen-bond donors (Lipinski definition) is 2. The molecule has 0 amide bonds. The van der Waals surface area contributed by atoms with Crippen molar-refractivity contribution in [1.82, 2.24) is 14.8 Å². The van der Waals surface area contributed by atoms with Gasteiger partial charge in [-0.1, -0.05) is 6.07 Å². The Morgan fingerprint density at radius 2 is 1.51 bits per heavy atom. The van der Waals surface area contributed by atoms with Crippen LogP contribution in [0.15, 0.2) is 47.3 Å². The van der Waals surface area contributed by atoms with Crippen LogP contribution >= 0.6 is 0 Å². The molecule has 2 aromatic rings. The van der Waals surface area contributed by atoms with Gasteiger partial charge in [0.05, 0.1) is 12.8 Å². The summed E-state index contributed by atoms with van der Waals surface area (Å²) in [5.41, 5.74) is 1.84. The lowest BCUT2D eigenvalue weighted by Gasteiger charge is -2.48. The summed E-state index contributed by atoms with van der Waals surface area (Å²) < 4.78 is 68.9. The molecule has 8 nitrogen and oxygen atoms in total. The zero-order valence-electron chi connectivity index (χ0n) is 18.2. The lowest BCUT2D eigenvalue weighted by atomic mass is 9.79. The van der Waals surface area contributed by atoms with Crippen LogP contribution in [0.4, 0.5) is 26.3 Å². The molecule has 194 valence electrons. The summed E-state index contributed by atoms with van der Waals surface area (Å²) >= 11 is 0. The SMILES string of the molecule is O=C(O)C(F)(F)F.O=C(O)C(F)(F)F.c1cncc(CN2CCC3(C2)CN(Cc2ccco2)C3)c1. The zero-order valence-corrected chi connectivity index (χ0v) is 18.2. The predicted octanol–water partition coefficient (Wildman–Crippen LogP) is 3.65. The van der Waals surface area contributed by atoms with Crippen LogP contribution in [-0.2, 0) is 22.7 Å². The summed E-state index contributed by atoms with van der Waals surface area (Å²) in [5, 5.41) is 14.2. The minimum absolute atomic E-state index is 0.523. The number of aliphatic carboxylic acids is 2. The average molecular weight is 511 g/mol. The van der Waals surface area contributed by atoms with Gasteiger partial charge in [-0.3, -0.25) is 14.8 Å². The molecule has 0 atom stereocenters. The van der Waals surface area contributed by atoms with Crippen molar-refractivity contribution in [2.75, 3.05) is 26.2 Å². The summed E-state index contributed by atoms with van der Waals surface area (Å²) in [6.07, 6.45) is -3.26. The lowest BCUT2D eigenvalue weighted by Crippen LogP contribution is -2.56. The first-order valence-corrected chi connectivity index (χ1v) is 10.2. The quantitative estimate of drug-likeness (QED) is 0.600. The van der Waals surface area contributed by atoms with Crippen molar-refractivity contribution >= 4 is 11.9 Å². The van der Waals surface area contributed by atoms with Crippen LogP contribution in [0.3, 0.4) is 0 Å². The van der Waals surface area contributed by atoms with Crippen molar-refractivity contribution < 1.29 is 50.6 Å². The van der Waals surface area contributed by atoms with Crippen LogP contribution in [0.2, 0.25) is 0 Å². The first kappa shape index (κ1) is 28.1. The molecule has 0 bridgehead atoms. The molecule has 35 heavy (non-hydrogen) atoms. The number of halogens is 6. The number of carbonyl (C=O) groups is 2. The molecule has 2 N–H and O–H groups in total. The second-order valence-electron chi connectivity index (χ2n) is 8.15. The topological polar surface area (TPSA) is 107 Å². The maximum Gasteiger partial charge on any atom is 0.490 e. The zero-order chi connectivity index (χ0) is 26.3. The normalized spacial score (nSPS) is 17.5. The molecule has 1 spiro atoms. The number of rotatable bonds is 4. The third-order valence-corrected chi connectivity index (χ3v) is 5.21. The van der Waals surface area contributed by atoms with Crippen molar-refractivity contribution in [3.8, 4) is 0 Å². The van der Waals surface area contributed by atoms with Crippen molar-refractivity contribution in [1.29, 1.82) is 0 Å². The van der Waals surface area contributed by atoms with Gasteiger partial charge in [-0.15, -0.1) is 0 Å². The van der Waals surface area contributed by atoms with E-state index in [0.29, 0.717) is 5.41 Å². The Morgan fingerprint density at radius 1 is 0.943 bits per heavy atom. The van der Waals surface area contributed by atoms with Crippen molar-refractivity contribution in [2.45, 2.75) is 31.9 Å². The number of pyridine rings is 1. The van der Waals surface area contributed by atoms with Gasteiger partial charge in [0.25, 0.3) is 0 Å². The maximum atomic E-state index is 10.6. The molecule has 0 saturated carbocycles. The third-order valence-electron chi connectivity index (χ3n) is 5.21. The fourth-order valence-corrected chi connectivity index (χ4v) is 3.81. The fourth-order valence-electron chi connectivity index (χ4n) is 3.81. The monoisotopic (exact) mass is 511 g/mol. The molecule has 2 fully saturated rings. The molecule has 0 aliphatic carbocycles. The van der Waals surface area contributed by atoms with Crippen LogP contribution in [0.25, 0.3) is 0 Å². The highest BCUT2D eigenvalue weighted by Gasteiger charge is 2.47. The second-order valence-corrected chi connectivity index (χ2v) is 8.15. The van der Waals surface area contributed by atoms with E-state index in [1.807, 2.05) is 24.5 Å². The van der Waals surface area contributed by atoms with Gasteiger partial charge in [0, 0.05) is 44.0 Å². The van der Waals surface area contributed by atoms with Gasteiger partial charge in [0.1, 0.15) is 5.76 Å². The molecular formula is C21H23F6N3O5. The predicted molar refractivity (Wildman–Crippen MR) is 108 cm³/mol. The van der Waals surface area contributed by atoms with E-state index in [-0.39, 0.29) is 0 Å². The van der Waals surface area contributed by atoms with E-state index in [4.69, 9.17) is 24.2 Å². The number of alkyl halides is 6. The van der Waals surface area contributed by atoms with Gasteiger partial charge in [-0.2, -0.15) is 26.3 Å². The minimum Gasteiger partial charge on any atom is -0.475 e. The summed E-state index contributed by atoms with van der Waals surface area (Å²) in [6.45, 7) is 6.83. The van der Waals surface area contributed by atoms with E-state index in [1.54, 1.807) is 6.26 Å². The molecule has 0 radical (unpaired) electrons. The number of furan rings is 1. The highest BCUT2D eigenvalue weighted by atomic mass is 19.4. The molecule has 0 aromatic carbocycles. The van der Waals surface area contributed by atoms with E-state index in [2.05, 4.69) is 26.9 Å². The van der Waals surface area contributed by atoms with Crippen LogP contribution < -0.4 is 0 Å². The second kappa shape index (κ2) is 11.5. The summed E-state index contributed by atoms with van der Waals surface area (Å²) in [6, 6.07) is 8.22. The van der Waals surface area contributed by atoms with Gasteiger partial charge < -0.3 is 14.6 Å². The molecular weight excluding hydrogens is 488 g/mol. The number of aromatic nitrogens is 1. The first-order chi connectivity index (χ1) is 16.2. The van der Waals surface area contributed by atoms with Crippen LogP contribution in [0, 0.1) is 5.41 Å². The van der Waals surface area contributed by atoms with E-state index < -0.39 is 24.3 Å². The van der Waals surface area contributed by atoms with E-state index in [9.17, 15) is 26.3 Å². The standard InChI is InChI=1S/C17H21N3O.2C2HF3O2/c1-3-15(9-18-6-1)10-19-7-5-17(12-19)13-20(14-17)11-16-4-2-8-21-16;2*3-2(4,5)1(6)7/h1-4,6,8-9H,5,7,10-14H2;2*(H,6,7). The Hall–Kier alpha value is -3.13. The molecule has 2 aliphatic heterocycles. The van der Waals surface area contributed by atoms with Gasteiger partial charge >= 0.3 is 24.3 Å². The van der Waals surface area contributed by atoms with E-state index in [1.165, 1.54) is 38.2 Å². The smallest absolute Gasteiger partial charge is 0.475 e. The molecule has 0 unspecified atom stereocenters. The van der Waals surface area contributed by atoms with Gasteiger partial charge in [0.2, 0.25) is 0 Å². The Morgan fingerprint density at radius 3 is 1.97 bits per heavy atom. The Kier molecular flexibility index (Phi) is 9.26. The maximum absolute atomic E-state index is 10.6. The number of nitrogens with zero attached hydrogens (tertiary/aromatic N) is 3. The van der Waals surface area contributed by atoms with Crippen molar-refractivity contribution in [3.63, 3.8) is 0 Å². The van der Waals surface area contributed by atoms with Crippen molar-refractivity contribution in [2.24, 2.45) is 5.41 Å². The Bertz CT molecular complexity index is 921. The van der Waals surface area contributed by atoms with Crippen LogP contribution in [0.1, 0.15) is 17.7 Å². The fraction of sp³-hybridized carbons (Fsp3) is 0.476. The van der Waals surface area contributed by atoms with E-state index in [0.717, 1.165) is 18.8 Å². The Balaban J connectivity index is 0.000000257. The van der Waals surface area contributed by atoms with Crippen LogP contribution in [0.5, 0.6) is 0 Å². The number of hydrogen-bond acceptors (Lipinski definition) is 6. The van der Waals surface area contributed by atoms with Gasteiger partial charge in [-0.25, -0.2) is 9.59 Å². The third kappa shape index (κ3) is 9.20. The number of likely N-dealkylation sites (tertiary alicyclic amines) is 2. The molecule has 4 heterocycles. The number of carboxylic acid groups (broad SMARTS) is 2. The first-order valence-electron chi connectivity index (χ1n) is 10.2. The van der Waals surface area contributed by atoms with Gasteiger partial charge in [-0.05, 0) is 36.7 Å². The molecule has 2 saturated heterocycles.